The lowest BCUT2D eigenvalue weighted by Crippen LogP contribution is -2.36. The van der Waals surface area contributed by atoms with Crippen LogP contribution < -0.4 is 4.90 Å². The van der Waals surface area contributed by atoms with Crippen LogP contribution in [0, 0.1) is 12.7 Å². The Morgan fingerprint density at radius 2 is 2.00 bits per heavy atom. The molecular formula is C17H16FNO. The highest BCUT2D eigenvalue weighted by Gasteiger charge is 2.32. The Kier molecular flexibility index (Phi) is 3.05. The van der Waals surface area contributed by atoms with Gasteiger partial charge in [-0.1, -0.05) is 29.8 Å². The van der Waals surface area contributed by atoms with Gasteiger partial charge in [-0.05, 0) is 44.0 Å². The van der Waals surface area contributed by atoms with Gasteiger partial charge in [0, 0.05) is 11.7 Å². The number of anilines is 1. The topological polar surface area (TPSA) is 20.3 Å². The zero-order chi connectivity index (χ0) is 14.3. The summed E-state index contributed by atoms with van der Waals surface area (Å²) in [6.07, 6.45) is 0.815. The van der Waals surface area contributed by atoms with E-state index >= 15 is 0 Å². The van der Waals surface area contributed by atoms with Crippen LogP contribution in [0.3, 0.4) is 0 Å². The zero-order valence-corrected chi connectivity index (χ0v) is 11.6. The third-order valence-corrected chi connectivity index (χ3v) is 3.78. The maximum atomic E-state index is 13.9. The van der Waals surface area contributed by atoms with Gasteiger partial charge in [-0.3, -0.25) is 4.79 Å². The van der Waals surface area contributed by atoms with Gasteiger partial charge in [0.1, 0.15) is 5.82 Å². The summed E-state index contributed by atoms with van der Waals surface area (Å²) in [5, 5.41) is 0. The summed E-state index contributed by atoms with van der Waals surface area (Å²) in [5.74, 6) is -0.721. The van der Waals surface area contributed by atoms with E-state index in [0.29, 0.717) is 0 Å². The summed E-state index contributed by atoms with van der Waals surface area (Å²) in [6, 6.07) is 12.5. The van der Waals surface area contributed by atoms with Crippen LogP contribution in [-0.2, 0) is 6.42 Å². The van der Waals surface area contributed by atoms with E-state index in [4.69, 9.17) is 0 Å². The number of fused-ring (bicyclic) bond motifs is 1. The van der Waals surface area contributed by atoms with Gasteiger partial charge in [0.15, 0.2) is 0 Å². The molecule has 3 rings (SSSR count). The Morgan fingerprint density at radius 1 is 1.25 bits per heavy atom. The smallest absolute Gasteiger partial charge is 0.261 e. The zero-order valence-electron chi connectivity index (χ0n) is 11.6. The molecule has 0 aromatic heterocycles. The average molecular weight is 269 g/mol. The van der Waals surface area contributed by atoms with Gasteiger partial charge in [-0.15, -0.1) is 0 Å². The van der Waals surface area contributed by atoms with Crippen molar-refractivity contribution in [3.8, 4) is 0 Å². The molecule has 2 aromatic carbocycles. The second kappa shape index (κ2) is 4.75. The quantitative estimate of drug-likeness (QED) is 0.772. The van der Waals surface area contributed by atoms with Crippen LogP contribution in [0.4, 0.5) is 10.1 Å². The van der Waals surface area contributed by atoms with Gasteiger partial charge in [0.05, 0.1) is 5.56 Å². The molecule has 1 aliphatic rings. The van der Waals surface area contributed by atoms with E-state index in [-0.39, 0.29) is 17.5 Å². The summed E-state index contributed by atoms with van der Waals surface area (Å²) in [5.41, 5.74) is 3.07. The Bertz CT molecular complexity index is 680. The molecule has 0 saturated carbocycles. The maximum Gasteiger partial charge on any atom is 0.261 e. The van der Waals surface area contributed by atoms with Crippen molar-refractivity contribution in [2.45, 2.75) is 26.3 Å². The van der Waals surface area contributed by atoms with Crippen molar-refractivity contribution >= 4 is 11.6 Å². The molecule has 3 heteroatoms. The summed E-state index contributed by atoms with van der Waals surface area (Å²) in [7, 11) is 0. The standard InChI is InChI=1S/C17H16FNO/c1-11-7-8-15(18)14(9-11)17(20)19-12(2)10-13-5-3-4-6-16(13)19/h3-9,12H,10H2,1-2H3. The minimum Gasteiger partial charge on any atom is -0.305 e. The fraction of sp³-hybridized carbons (Fsp3) is 0.235. The molecule has 0 radical (unpaired) electrons. The number of para-hydroxylation sites is 1. The molecule has 1 aliphatic heterocycles. The van der Waals surface area contributed by atoms with Crippen LogP contribution in [0.2, 0.25) is 0 Å². The van der Waals surface area contributed by atoms with Gasteiger partial charge in [-0.2, -0.15) is 0 Å². The van der Waals surface area contributed by atoms with Crippen molar-refractivity contribution in [2.75, 3.05) is 4.90 Å². The Morgan fingerprint density at radius 3 is 2.80 bits per heavy atom. The molecule has 1 atom stereocenters. The normalized spacial score (nSPS) is 17.1. The Hall–Kier alpha value is -2.16. The third kappa shape index (κ3) is 1.99. The largest absolute Gasteiger partial charge is 0.305 e. The number of hydrogen-bond donors (Lipinski definition) is 0. The molecule has 0 saturated heterocycles. The molecule has 0 bridgehead atoms. The van der Waals surface area contributed by atoms with E-state index in [1.54, 1.807) is 17.0 Å². The van der Waals surface area contributed by atoms with Crippen LogP contribution in [0.15, 0.2) is 42.5 Å². The molecule has 0 spiro atoms. The number of halogens is 1. The SMILES string of the molecule is Cc1ccc(F)c(C(=O)N2c3ccccc3CC2C)c1. The van der Waals surface area contributed by atoms with Crippen LogP contribution in [0.1, 0.15) is 28.4 Å². The summed E-state index contributed by atoms with van der Waals surface area (Å²) >= 11 is 0. The van der Waals surface area contributed by atoms with Crippen LogP contribution >= 0.6 is 0 Å². The second-order valence-electron chi connectivity index (χ2n) is 5.34. The predicted octanol–water partition coefficient (Wildman–Crippen LogP) is 3.73. The van der Waals surface area contributed by atoms with E-state index in [1.807, 2.05) is 38.1 Å². The molecule has 0 N–H and O–H groups in total. The molecule has 2 aromatic rings. The molecule has 1 unspecified atom stereocenters. The van der Waals surface area contributed by atoms with Crippen LogP contribution in [-0.4, -0.2) is 11.9 Å². The molecule has 1 heterocycles. The van der Waals surface area contributed by atoms with Crippen molar-refractivity contribution in [3.63, 3.8) is 0 Å². The van der Waals surface area contributed by atoms with Crippen molar-refractivity contribution in [1.82, 2.24) is 0 Å². The molecule has 1 amide bonds. The van der Waals surface area contributed by atoms with E-state index in [9.17, 15) is 9.18 Å². The van der Waals surface area contributed by atoms with E-state index in [1.165, 1.54) is 6.07 Å². The number of amides is 1. The predicted molar refractivity (Wildman–Crippen MR) is 77.6 cm³/mol. The number of carbonyl (C=O) groups excluding carboxylic acids is 1. The Labute approximate surface area is 117 Å². The summed E-state index contributed by atoms with van der Waals surface area (Å²) < 4.78 is 13.9. The summed E-state index contributed by atoms with van der Waals surface area (Å²) in [6.45, 7) is 3.85. The first-order chi connectivity index (χ1) is 9.58. The van der Waals surface area contributed by atoms with E-state index in [0.717, 1.165) is 23.2 Å². The number of hydrogen-bond acceptors (Lipinski definition) is 1. The van der Waals surface area contributed by atoms with Gasteiger partial charge in [0.25, 0.3) is 5.91 Å². The highest BCUT2D eigenvalue weighted by Crippen LogP contribution is 2.33. The molecular weight excluding hydrogens is 253 g/mol. The van der Waals surface area contributed by atoms with Crippen LogP contribution in [0.25, 0.3) is 0 Å². The highest BCUT2D eigenvalue weighted by atomic mass is 19.1. The van der Waals surface area contributed by atoms with Crippen molar-refractivity contribution in [3.05, 3.63) is 65.0 Å². The van der Waals surface area contributed by atoms with E-state index in [2.05, 4.69) is 0 Å². The molecule has 20 heavy (non-hydrogen) atoms. The fourth-order valence-corrected chi connectivity index (χ4v) is 2.81. The lowest BCUT2D eigenvalue weighted by Gasteiger charge is -2.23. The number of benzene rings is 2. The first-order valence-electron chi connectivity index (χ1n) is 6.75. The minimum absolute atomic E-state index is 0.0554. The third-order valence-electron chi connectivity index (χ3n) is 3.78. The Balaban J connectivity index is 2.05. The van der Waals surface area contributed by atoms with Crippen molar-refractivity contribution in [2.24, 2.45) is 0 Å². The lowest BCUT2D eigenvalue weighted by atomic mass is 10.1. The highest BCUT2D eigenvalue weighted by molar-refractivity contribution is 6.08. The average Bonchev–Trinajstić information content (AvgIpc) is 2.76. The minimum atomic E-state index is -0.461. The monoisotopic (exact) mass is 269 g/mol. The number of rotatable bonds is 1. The van der Waals surface area contributed by atoms with E-state index < -0.39 is 5.82 Å². The lowest BCUT2D eigenvalue weighted by molar-refractivity contribution is 0.0977. The molecule has 0 aliphatic carbocycles. The fourth-order valence-electron chi connectivity index (χ4n) is 2.81. The van der Waals surface area contributed by atoms with Crippen LogP contribution in [0.5, 0.6) is 0 Å². The number of carbonyl (C=O) groups is 1. The summed E-state index contributed by atoms with van der Waals surface area (Å²) in [4.78, 5) is 14.4. The first kappa shape index (κ1) is 12.9. The maximum absolute atomic E-state index is 13.9. The van der Waals surface area contributed by atoms with Crippen molar-refractivity contribution < 1.29 is 9.18 Å². The van der Waals surface area contributed by atoms with Gasteiger partial charge < -0.3 is 4.90 Å². The van der Waals surface area contributed by atoms with Crippen molar-refractivity contribution in [1.29, 1.82) is 0 Å². The number of nitrogens with zero attached hydrogens (tertiary/aromatic N) is 1. The van der Waals surface area contributed by atoms with Gasteiger partial charge in [-0.25, -0.2) is 4.39 Å². The number of aryl methyl sites for hydroxylation is 1. The van der Waals surface area contributed by atoms with Gasteiger partial charge in [0.2, 0.25) is 0 Å². The molecule has 0 fully saturated rings. The second-order valence-corrected chi connectivity index (χ2v) is 5.34. The molecule has 2 nitrogen and oxygen atoms in total. The van der Waals surface area contributed by atoms with Gasteiger partial charge >= 0.3 is 0 Å². The first-order valence-corrected chi connectivity index (χ1v) is 6.75. The molecule has 102 valence electrons.